The maximum absolute atomic E-state index is 13.3. The predicted molar refractivity (Wildman–Crippen MR) is 129 cm³/mol. The lowest BCUT2D eigenvalue weighted by Gasteiger charge is -2.20. The number of methoxy groups -OCH3 is 2. The topological polar surface area (TPSA) is 120 Å². The Hall–Kier alpha value is -4.34. The number of hydrogen-bond acceptors (Lipinski definition) is 7. The second kappa shape index (κ2) is 10.5. The van der Waals surface area contributed by atoms with Crippen LogP contribution in [-0.2, 0) is 17.7 Å². The summed E-state index contributed by atoms with van der Waals surface area (Å²) in [5, 5.41) is 2.89. The molecule has 0 fully saturated rings. The van der Waals surface area contributed by atoms with E-state index in [1.54, 1.807) is 42.2 Å². The van der Waals surface area contributed by atoms with Crippen LogP contribution in [0.25, 0.3) is 0 Å². The van der Waals surface area contributed by atoms with Crippen molar-refractivity contribution in [1.29, 1.82) is 0 Å². The van der Waals surface area contributed by atoms with E-state index in [2.05, 4.69) is 5.32 Å². The molecule has 0 spiro atoms. The number of ether oxygens (including phenoxy) is 2. The monoisotopic (exact) mass is 493 g/mol. The number of furan rings is 1. The highest BCUT2D eigenvalue weighted by Gasteiger charge is 2.28. The predicted octanol–water partition coefficient (Wildman–Crippen LogP) is 2.43. The van der Waals surface area contributed by atoms with Crippen LogP contribution in [0.1, 0.15) is 55.5 Å². The fourth-order valence-electron chi connectivity index (χ4n) is 4.32. The van der Waals surface area contributed by atoms with Crippen molar-refractivity contribution >= 4 is 17.8 Å². The van der Waals surface area contributed by atoms with Gasteiger partial charge in [-0.15, -0.1) is 0 Å². The van der Waals surface area contributed by atoms with Gasteiger partial charge in [-0.2, -0.15) is 0 Å². The number of nitrogens with one attached hydrogen (secondary N) is 1. The molecule has 1 N–H and O–H groups in total. The number of esters is 1. The summed E-state index contributed by atoms with van der Waals surface area (Å²) in [7, 11) is 2.68. The Morgan fingerprint density at radius 3 is 2.50 bits per heavy atom. The van der Waals surface area contributed by atoms with E-state index in [0.717, 1.165) is 0 Å². The Balaban J connectivity index is 1.62. The molecule has 0 bridgehead atoms. The molecule has 10 nitrogen and oxygen atoms in total. The first-order chi connectivity index (χ1) is 17.3. The summed E-state index contributed by atoms with van der Waals surface area (Å²) < 4.78 is 17.0. The SMILES string of the molecule is COC(=O)c1cccc(C(=O)N2CCc3c(C(=O)NC(C)c4ccco4)c(OC)cc(=O)n3CC2)c1. The van der Waals surface area contributed by atoms with Crippen LogP contribution in [-0.4, -0.2) is 54.6 Å². The van der Waals surface area contributed by atoms with Crippen LogP contribution in [0.2, 0.25) is 0 Å². The second-order valence-electron chi connectivity index (χ2n) is 8.35. The minimum Gasteiger partial charge on any atom is -0.496 e. The van der Waals surface area contributed by atoms with Crippen molar-refractivity contribution in [3.8, 4) is 5.75 Å². The van der Waals surface area contributed by atoms with Gasteiger partial charge in [0.1, 0.15) is 17.1 Å². The van der Waals surface area contributed by atoms with Gasteiger partial charge in [0, 0.05) is 43.4 Å². The van der Waals surface area contributed by atoms with Gasteiger partial charge >= 0.3 is 5.97 Å². The van der Waals surface area contributed by atoms with E-state index in [0.29, 0.717) is 17.0 Å². The summed E-state index contributed by atoms with van der Waals surface area (Å²) >= 11 is 0. The quantitative estimate of drug-likeness (QED) is 0.524. The number of nitrogens with zero attached hydrogens (tertiary/aromatic N) is 2. The van der Waals surface area contributed by atoms with Gasteiger partial charge in [0.25, 0.3) is 17.4 Å². The molecule has 0 saturated carbocycles. The molecule has 188 valence electrons. The molecule has 10 heteroatoms. The summed E-state index contributed by atoms with van der Waals surface area (Å²) in [5.74, 6) is -0.476. The van der Waals surface area contributed by atoms with Crippen LogP contribution >= 0.6 is 0 Å². The first-order valence-corrected chi connectivity index (χ1v) is 11.5. The minimum atomic E-state index is -0.536. The summed E-state index contributed by atoms with van der Waals surface area (Å²) in [6, 6.07) is 10.7. The standard InChI is InChI=1S/C26H27N3O7/c1-16(20-8-5-13-36-20)27-24(31)23-19-9-10-28(11-12-29(19)22(30)15-21(23)34-2)25(32)17-6-4-7-18(14-17)26(33)35-3/h4-8,13-16H,9-12H2,1-3H3,(H,27,31). The zero-order valence-electron chi connectivity index (χ0n) is 20.3. The molecule has 2 amide bonds. The van der Waals surface area contributed by atoms with E-state index in [4.69, 9.17) is 13.9 Å². The van der Waals surface area contributed by atoms with Crippen LogP contribution in [0.3, 0.4) is 0 Å². The molecule has 1 atom stereocenters. The number of amides is 2. The van der Waals surface area contributed by atoms with Crippen molar-refractivity contribution in [2.24, 2.45) is 0 Å². The Bertz CT molecular complexity index is 1340. The van der Waals surface area contributed by atoms with Crippen molar-refractivity contribution in [2.75, 3.05) is 27.3 Å². The van der Waals surface area contributed by atoms with Crippen molar-refractivity contribution in [3.05, 3.63) is 87.2 Å². The van der Waals surface area contributed by atoms with Crippen molar-refractivity contribution in [3.63, 3.8) is 0 Å². The van der Waals surface area contributed by atoms with Crippen LogP contribution in [0.4, 0.5) is 0 Å². The van der Waals surface area contributed by atoms with E-state index < -0.39 is 17.9 Å². The summed E-state index contributed by atoms with van der Waals surface area (Å²) in [5.41, 5.74) is 1.02. The van der Waals surface area contributed by atoms with E-state index in [1.165, 1.54) is 37.2 Å². The van der Waals surface area contributed by atoms with E-state index in [9.17, 15) is 19.2 Å². The lowest BCUT2D eigenvalue weighted by molar-refractivity contribution is 0.0600. The molecular weight excluding hydrogens is 466 g/mol. The van der Waals surface area contributed by atoms with Crippen molar-refractivity contribution < 1.29 is 28.3 Å². The maximum Gasteiger partial charge on any atom is 0.337 e. The Kier molecular flexibility index (Phi) is 7.23. The molecule has 3 heterocycles. The van der Waals surface area contributed by atoms with Crippen LogP contribution in [0.5, 0.6) is 5.75 Å². The molecule has 0 radical (unpaired) electrons. The zero-order valence-corrected chi connectivity index (χ0v) is 20.3. The van der Waals surface area contributed by atoms with Gasteiger partial charge in [0.2, 0.25) is 0 Å². The average Bonchev–Trinajstić information content (AvgIpc) is 3.34. The zero-order chi connectivity index (χ0) is 25.8. The summed E-state index contributed by atoms with van der Waals surface area (Å²) in [6.45, 7) is 2.51. The molecule has 3 aromatic rings. The molecule has 36 heavy (non-hydrogen) atoms. The van der Waals surface area contributed by atoms with E-state index in [-0.39, 0.29) is 54.4 Å². The third kappa shape index (κ3) is 4.88. The Morgan fingerprint density at radius 1 is 1.03 bits per heavy atom. The van der Waals surface area contributed by atoms with Gasteiger partial charge in [-0.1, -0.05) is 6.07 Å². The van der Waals surface area contributed by atoms with Gasteiger partial charge in [0.15, 0.2) is 0 Å². The fraction of sp³-hybridized carbons (Fsp3) is 0.308. The van der Waals surface area contributed by atoms with Gasteiger partial charge < -0.3 is 28.7 Å². The van der Waals surface area contributed by atoms with Gasteiger partial charge in [-0.05, 0) is 37.3 Å². The van der Waals surface area contributed by atoms with Gasteiger partial charge in [-0.3, -0.25) is 14.4 Å². The van der Waals surface area contributed by atoms with Crippen LogP contribution in [0, 0.1) is 0 Å². The molecule has 1 aliphatic heterocycles. The second-order valence-corrected chi connectivity index (χ2v) is 8.35. The number of carbonyl (C=O) groups excluding carboxylic acids is 3. The highest BCUT2D eigenvalue weighted by Crippen LogP contribution is 2.25. The summed E-state index contributed by atoms with van der Waals surface area (Å²) in [4.78, 5) is 52.9. The first kappa shape index (κ1) is 24.8. The number of rotatable bonds is 6. The molecule has 1 aromatic carbocycles. The first-order valence-electron chi connectivity index (χ1n) is 11.5. The highest BCUT2D eigenvalue weighted by molar-refractivity contribution is 5.99. The lowest BCUT2D eigenvalue weighted by atomic mass is 10.1. The number of carbonyl (C=O) groups is 3. The molecule has 4 rings (SSSR count). The molecular formula is C26H27N3O7. The average molecular weight is 494 g/mol. The smallest absolute Gasteiger partial charge is 0.337 e. The Labute approximate surface area is 207 Å². The third-order valence-electron chi connectivity index (χ3n) is 6.18. The molecule has 1 unspecified atom stereocenters. The van der Waals surface area contributed by atoms with E-state index in [1.807, 2.05) is 0 Å². The van der Waals surface area contributed by atoms with E-state index >= 15 is 0 Å². The number of benzene rings is 1. The number of aromatic nitrogens is 1. The molecule has 2 aromatic heterocycles. The molecule has 1 aliphatic rings. The Morgan fingerprint density at radius 2 is 1.81 bits per heavy atom. The van der Waals surface area contributed by atoms with Crippen LogP contribution < -0.4 is 15.6 Å². The number of hydrogen-bond donors (Lipinski definition) is 1. The highest BCUT2D eigenvalue weighted by atomic mass is 16.5. The minimum absolute atomic E-state index is 0.168. The van der Waals surface area contributed by atoms with Crippen molar-refractivity contribution in [2.45, 2.75) is 25.9 Å². The normalized spacial score (nSPS) is 13.8. The lowest BCUT2D eigenvalue weighted by Crippen LogP contribution is -2.34. The maximum atomic E-state index is 13.3. The third-order valence-corrected chi connectivity index (χ3v) is 6.18. The van der Waals surface area contributed by atoms with Crippen LogP contribution in [0.15, 0.2) is 57.9 Å². The number of fused-ring (bicyclic) bond motifs is 1. The largest absolute Gasteiger partial charge is 0.496 e. The fourth-order valence-corrected chi connectivity index (χ4v) is 4.32. The van der Waals surface area contributed by atoms with Crippen molar-refractivity contribution in [1.82, 2.24) is 14.8 Å². The summed E-state index contributed by atoms with van der Waals surface area (Å²) in [6.07, 6.45) is 1.78. The molecule has 0 saturated heterocycles. The van der Waals surface area contributed by atoms with Gasteiger partial charge in [0.05, 0.1) is 32.1 Å². The van der Waals surface area contributed by atoms with Gasteiger partial charge in [-0.25, -0.2) is 4.79 Å². The number of pyridine rings is 1. The molecule has 0 aliphatic carbocycles.